The van der Waals surface area contributed by atoms with Crippen LogP contribution in [0.5, 0.6) is 0 Å². The summed E-state index contributed by atoms with van der Waals surface area (Å²) in [5, 5.41) is 3.79. The highest BCUT2D eigenvalue weighted by Crippen LogP contribution is 2.35. The lowest BCUT2D eigenvalue weighted by Crippen LogP contribution is -2.47. The fourth-order valence-electron chi connectivity index (χ4n) is 3.15. The van der Waals surface area contributed by atoms with Crippen molar-refractivity contribution in [2.45, 2.75) is 31.5 Å². The Balaban J connectivity index is 1.87. The van der Waals surface area contributed by atoms with Gasteiger partial charge in [0, 0.05) is 18.1 Å². The van der Waals surface area contributed by atoms with E-state index in [2.05, 4.69) is 72.9 Å². The largest absolute Gasteiger partial charge is 0.327 e. The molecule has 1 aliphatic heterocycles. The van der Waals surface area contributed by atoms with Crippen LogP contribution in [0, 0.1) is 5.92 Å². The first-order valence-electron chi connectivity index (χ1n) is 7.37. The number of piperidine rings is 1. The molecule has 2 aromatic carbocycles. The first-order valence-corrected chi connectivity index (χ1v) is 7.37. The third-order valence-electron chi connectivity index (χ3n) is 4.45. The number of rotatable bonds is 2. The van der Waals surface area contributed by atoms with Crippen LogP contribution in [0.1, 0.15) is 36.6 Å². The van der Waals surface area contributed by atoms with E-state index in [0.29, 0.717) is 18.0 Å². The smallest absolute Gasteiger partial charge is 0.0366 e. The normalized spacial score (nSPS) is 30.1. The quantitative estimate of drug-likeness (QED) is 0.874. The number of nitrogens with one attached hydrogen (secondary N) is 1. The maximum atomic E-state index is 6.39. The van der Waals surface area contributed by atoms with Gasteiger partial charge in [0.15, 0.2) is 0 Å². The zero-order valence-electron chi connectivity index (χ0n) is 11.9. The summed E-state index contributed by atoms with van der Waals surface area (Å²) in [6, 6.07) is 22.1. The summed E-state index contributed by atoms with van der Waals surface area (Å²) in [7, 11) is 0. The van der Waals surface area contributed by atoms with E-state index in [0.717, 1.165) is 6.42 Å². The Bertz CT molecular complexity index is 538. The molecule has 104 valence electrons. The van der Waals surface area contributed by atoms with Crippen molar-refractivity contribution in [3.05, 3.63) is 71.8 Å². The summed E-state index contributed by atoms with van der Waals surface area (Å²) in [5.74, 6) is 0.442. The van der Waals surface area contributed by atoms with Gasteiger partial charge in [0.25, 0.3) is 0 Å². The molecule has 0 radical (unpaired) electrons. The summed E-state index contributed by atoms with van der Waals surface area (Å²) in [6.07, 6.45) is 0.995. The van der Waals surface area contributed by atoms with E-state index in [1.807, 2.05) is 0 Å². The van der Waals surface area contributed by atoms with Crippen LogP contribution in [-0.2, 0) is 0 Å². The SMILES string of the molecule is CC1C(N)CC(c2ccccc2)NC1c1ccccc1. The molecule has 0 aliphatic carbocycles. The average molecular weight is 266 g/mol. The highest BCUT2D eigenvalue weighted by molar-refractivity contribution is 5.25. The lowest BCUT2D eigenvalue weighted by molar-refractivity contribution is 0.216. The Labute approximate surface area is 121 Å². The average Bonchev–Trinajstić information content (AvgIpc) is 2.51. The van der Waals surface area contributed by atoms with Gasteiger partial charge in [-0.05, 0) is 23.5 Å². The van der Waals surface area contributed by atoms with Gasteiger partial charge in [-0.2, -0.15) is 0 Å². The third-order valence-corrected chi connectivity index (χ3v) is 4.45. The van der Waals surface area contributed by atoms with E-state index in [4.69, 9.17) is 5.73 Å². The molecule has 3 rings (SSSR count). The second-order valence-electron chi connectivity index (χ2n) is 5.78. The van der Waals surface area contributed by atoms with Crippen molar-refractivity contribution in [3.8, 4) is 0 Å². The zero-order chi connectivity index (χ0) is 13.9. The van der Waals surface area contributed by atoms with E-state index >= 15 is 0 Å². The summed E-state index contributed by atoms with van der Waals surface area (Å²) >= 11 is 0. The Kier molecular flexibility index (Phi) is 3.86. The number of benzene rings is 2. The molecule has 0 bridgehead atoms. The van der Waals surface area contributed by atoms with Gasteiger partial charge < -0.3 is 11.1 Å². The molecule has 20 heavy (non-hydrogen) atoms. The summed E-state index contributed by atoms with van der Waals surface area (Å²) in [6.45, 7) is 2.25. The summed E-state index contributed by atoms with van der Waals surface area (Å²) < 4.78 is 0. The maximum Gasteiger partial charge on any atom is 0.0366 e. The Morgan fingerprint density at radius 2 is 1.45 bits per heavy atom. The number of hydrogen-bond donors (Lipinski definition) is 2. The van der Waals surface area contributed by atoms with Crippen LogP contribution < -0.4 is 11.1 Å². The second kappa shape index (κ2) is 5.78. The molecule has 2 nitrogen and oxygen atoms in total. The summed E-state index contributed by atoms with van der Waals surface area (Å²) in [5.41, 5.74) is 9.05. The van der Waals surface area contributed by atoms with Gasteiger partial charge in [0.05, 0.1) is 0 Å². The van der Waals surface area contributed by atoms with E-state index in [-0.39, 0.29) is 6.04 Å². The van der Waals surface area contributed by atoms with Crippen molar-refractivity contribution in [2.75, 3.05) is 0 Å². The molecule has 4 atom stereocenters. The molecule has 4 unspecified atom stereocenters. The van der Waals surface area contributed by atoms with E-state index < -0.39 is 0 Å². The molecule has 0 saturated carbocycles. The van der Waals surface area contributed by atoms with Crippen molar-refractivity contribution in [2.24, 2.45) is 11.7 Å². The fourth-order valence-corrected chi connectivity index (χ4v) is 3.15. The van der Waals surface area contributed by atoms with E-state index in [1.54, 1.807) is 0 Å². The molecular formula is C18H22N2. The molecule has 0 amide bonds. The van der Waals surface area contributed by atoms with Gasteiger partial charge in [0.1, 0.15) is 0 Å². The van der Waals surface area contributed by atoms with Crippen molar-refractivity contribution >= 4 is 0 Å². The monoisotopic (exact) mass is 266 g/mol. The van der Waals surface area contributed by atoms with E-state index in [9.17, 15) is 0 Å². The maximum absolute atomic E-state index is 6.39. The lowest BCUT2D eigenvalue weighted by Gasteiger charge is -2.40. The van der Waals surface area contributed by atoms with Crippen LogP contribution in [0.2, 0.25) is 0 Å². The Hall–Kier alpha value is -1.64. The molecule has 1 fully saturated rings. The predicted molar refractivity (Wildman–Crippen MR) is 83.3 cm³/mol. The zero-order valence-corrected chi connectivity index (χ0v) is 11.9. The van der Waals surface area contributed by atoms with Crippen LogP contribution >= 0.6 is 0 Å². The highest BCUT2D eigenvalue weighted by Gasteiger charge is 2.33. The molecular weight excluding hydrogens is 244 g/mol. The third kappa shape index (κ3) is 2.62. The standard InChI is InChI=1S/C18H22N2/c1-13-16(19)12-17(14-8-4-2-5-9-14)20-18(13)15-10-6-3-7-11-15/h2-11,13,16-18,20H,12,19H2,1H3. The van der Waals surface area contributed by atoms with E-state index in [1.165, 1.54) is 11.1 Å². The molecule has 1 heterocycles. The first kappa shape index (κ1) is 13.3. The van der Waals surface area contributed by atoms with Gasteiger partial charge in [-0.1, -0.05) is 67.6 Å². The van der Waals surface area contributed by atoms with Crippen LogP contribution in [-0.4, -0.2) is 6.04 Å². The van der Waals surface area contributed by atoms with Crippen LogP contribution in [0.3, 0.4) is 0 Å². The predicted octanol–water partition coefficient (Wildman–Crippen LogP) is 3.43. The van der Waals surface area contributed by atoms with Gasteiger partial charge in [-0.15, -0.1) is 0 Å². The van der Waals surface area contributed by atoms with Gasteiger partial charge in [-0.25, -0.2) is 0 Å². The van der Waals surface area contributed by atoms with Crippen LogP contribution in [0.4, 0.5) is 0 Å². The number of nitrogens with two attached hydrogens (primary N) is 1. The highest BCUT2D eigenvalue weighted by atomic mass is 15.0. The van der Waals surface area contributed by atoms with Gasteiger partial charge >= 0.3 is 0 Å². The lowest BCUT2D eigenvalue weighted by atomic mass is 9.80. The molecule has 0 spiro atoms. The van der Waals surface area contributed by atoms with Crippen LogP contribution in [0.15, 0.2) is 60.7 Å². The topological polar surface area (TPSA) is 38.0 Å². The Morgan fingerprint density at radius 3 is 2.05 bits per heavy atom. The van der Waals surface area contributed by atoms with Crippen molar-refractivity contribution in [1.29, 1.82) is 0 Å². The minimum Gasteiger partial charge on any atom is -0.327 e. The molecule has 3 N–H and O–H groups in total. The second-order valence-corrected chi connectivity index (χ2v) is 5.78. The van der Waals surface area contributed by atoms with Gasteiger partial charge in [0.2, 0.25) is 0 Å². The molecule has 1 aliphatic rings. The minimum atomic E-state index is 0.228. The number of hydrogen-bond acceptors (Lipinski definition) is 2. The van der Waals surface area contributed by atoms with Crippen molar-refractivity contribution < 1.29 is 0 Å². The van der Waals surface area contributed by atoms with Crippen LogP contribution in [0.25, 0.3) is 0 Å². The molecule has 2 aromatic rings. The summed E-state index contributed by atoms with van der Waals surface area (Å²) in [4.78, 5) is 0. The molecule has 2 heteroatoms. The van der Waals surface area contributed by atoms with Crippen molar-refractivity contribution in [1.82, 2.24) is 5.32 Å². The first-order chi connectivity index (χ1) is 9.75. The Morgan fingerprint density at radius 1 is 0.900 bits per heavy atom. The molecule has 0 aromatic heterocycles. The van der Waals surface area contributed by atoms with Gasteiger partial charge in [-0.3, -0.25) is 0 Å². The minimum absolute atomic E-state index is 0.228. The fraction of sp³-hybridized carbons (Fsp3) is 0.333. The van der Waals surface area contributed by atoms with Crippen molar-refractivity contribution in [3.63, 3.8) is 0 Å². The molecule has 1 saturated heterocycles.